The van der Waals surface area contributed by atoms with Crippen molar-refractivity contribution >= 4 is 0 Å². The molecule has 0 saturated heterocycles. The predicted molar refractivity (Wildman–Crippen MR) is 39.1 cm³/mol. The number of rotatable bonds is 3. The van der Waals surface area contributed by atoms with E-state index in [1.807, 2.05) is 20.8 Å². The molecular weight excluding hydrogens is 114 g/mol. The molecule has 56 valence electrons. The summed E-state index contributed by atoms with van der Waals surface area (Å²) in [4.78, 5) is 0. The van der Waals surface area contributed by atoms with Gasteiger partial charge in [-0.2, -0.15) is 0 Å². The standard InChI is InChI=1S/C7H17NO/c1-4-6(8)7(9)5(2)3/h5-7,9H,4,8H2,1-3H3. The maximum Gasteiger partial charge on any atom is 0.0713 e. The minimum Gasteiger partial charge on any atom is -0.391 e. The summed E-state index contributed by atoms with van der Waals surface area (Å²) in [5.74, 6) is 0.278. The van der Waals surface area contributed by atoms with Crippen LogP contribution >= 0.6 is 0 Å². The molecule has 0 aromatic rings. The van der Waals surface area contributed by atoms with Crippen molar-refractivity contribution in [2.24, 2.45) is 11.7 Å². The third-order valence-electron chi connectivity index (χ3n) is 1.59. The van der Waals surface area contributed by atoms with Gasteiger partial charge in [0.05, 0.1) is 6.10 Å². The molecule has 2 unspecified atom stereocenters. The SMILES string of the molecule is CCC(N)C(O)C(C)C. The van der Waals surface area contributed by atoms with E-state index in [0.717, 1.165) is 6.42 Å². The van der Waals surface area contributed by atoms with E-state index >= 15 is 0 Å². The first-order chi connectivity index (χ1) is 4.09. The quantitative estimate of drug-likeness (QED) is 0.593. The number of hydrogen-bond donors (Lipinski definition) is 2. The van der Waals surface area contributed by atoms with Gasteiger partial charge in [0.1, 0.15) is 0 Å². The molecule has 0 radical (unpaired) electrons. The Labute approximate surface area is 57.1 Å². The number of aliphatic hydroxyl groups excluding tert-OH is 1. The molecular formula is C7H17NO. The third-order valence-corrected chi connectivity index (χ3v) is 1.59. The van der Waals surface area contributed by atoms with Crippen LogP contribution in [0, 0.1) is 5.92 Å². The summed E-state index contributed by atoms with van der Waals surface area (Å²) < 4.78 is 0. The lowest BCUT2D eigenvalue weighted by atomic mass is 9.99. The van der Waals surface area contributed by atoms with E-state index in [0.29, 0.717) is 0 Å². The van der Waals surface area contributed by atoms with Crippen LogP contribution in [-0.2, 0) is 0 Å². The summed E-state index contributed by atoms with van der Waals surface area (Å²) in [6.07, 6.45) is 0.509. The molecule has 0 rings (SSSR count). The zero-order valence-electron chi connectivity index (χ0n) is 6.46. The Kier molecular flexibility index (Phi) is 3.82. The highest BCUT2D eigenvalue weighted by atomic mass is 16.3. The molecule has 9 heavy (non-hydrogen) atoms. The van der Waals surface area contributed by atoms with Crippen molar-refractivity contribution in [1.82, 2.24) is 0 Å². The molecule has 0 aliphatic carbocycles. The van der Waals surface area contributed by atoms with Crippen molar-refractivity contribution in [3.8, 4) is 0 Å². The highest BCUT2D eigenvalue weighted by Crippen LogP contribution is 2.05. The van der Waals surface area contributed by atoms with Gasteiger partial charge < -0.3 is 10.8 Å². The third kappa shape index (κ3) is 2.82. The van der Waals surface area contributed by atoms with E-state index in [9.17, 15) is 5.11 Å². The first-order valence-corrected chi connectivity index (χ1v) is 3.53. The summed E-state index contributed by atoms with van der Waals surface area (Å²) in [6.45, 7) is 5.93. The van der Waals surface area contributed by atoms with Crippen LogP contribution in [0.25, 0.3) is 0 Å². The minimum absolute atomic E-state index is 0.0509. The predicted octanol–water partition coefficient (Wildman–Crippen LogP) is 0.741. The van der Waals surface area contributed by atoms with Crippen LogP contribution in [0.3, 0.4) is 0 Å². The van der Waals surface area contributed by atoms with E-state index in [1.54, 1.807) is 0 Å². The Morgan fingerprint density at radius 2 is 1.89 bits per heavy atom. The van der Waals surface area contributed by atoms with E-state index in [2.05, 4.69) is 0 Å². The fourth-order valence-electron chi connectivity index (χ4n) is 0.736. The molecule has 2 nitrogen and oxygen atoms in total. The molecule has 2 atom stereocenters. The second-order valence-electron chi connectivity index (χ2n) is 2.81. The van der Waals surface area contributed by atoms with Crippen molar-refractivity contribution in [3.05, 3.63) is 0 Å². The van der Waals surface area contributed by atoms with Crippen LogP contribution in [0.15, 0.2) is 0 Å². The van der Waals surface area contributed by atoms with Gasteiger partial charge in [0.15, 0.2) is 0 Å². The fraction of sp³-hybridized carbons (Fsp3) is 1.00. The van der Waals surface area contributed by atoms with Gasteiger partial charge in [-0.1, -0.05) is 20.8 Å². The van der Waals surface area contributed by atoms with Gasteiger partial charge in [0.25, 0.3) is 0 Å². The van der Waals surface area contributed by atoms with Crippen molar-refractivity contribution in [3.63, 3.8) is 0 Å². The lowest BCUT2D eigenvalue weighted by Gasteiger charge is -2.20. The van der Waals surface area contributed by atoms with E-state index in [1.165, 1.54) is 0 Å². The van der Waals surface area contributed by atoms with Crippen LogP contribution in [0.5, 0.6) is 0 Å². The maximum absolute atomic E-state index is 9.27. The summed E-state index contributed by atoms with van der Waals surface area (Å²) in [5, 5.41) is 9.27. The molecule has 0 saturated carbocycles. The second kappa shape index (κ2) is 3.85. The highest BCUT2D eigenvalue weighted by molar-refractivity contribution is 4.72. The molecule has 0 spiro atoms. The zero-order valence-corrected chi connectivity index (χ0v) is 6.46. The van der Waals surface area contributed by atoms with Crippen LogP contribution < -0.4 is 5.73 Å². The van der Waals surface area contributed by atoms with Crippen molar-refractivity contribution in [1.29, 1.82) is 0 Å². The molecule has 0 bridgehead atoms. The average Bonchev–Trinajstić information content (AvgIpc) is 1.84. The largest absolute Gasteiger partial charge is 0.391 e. The maximum atomic E-state index is 9.27. The van der Waals surface area contributed by atoms with Gasteiger partial charge in [-0.3, -0.25) is 0 Å². The van der Waals surface area contributed by atoms with Crippen LogP contribution in [0.2, 0.25) is 0 Å². The minimum atomic E-state index is -0.338. The summed E-state index contributed by atoms with van der Waals surface area (Å²) in [6, 6.07) is -0.0509. The fourth-order valence-corrected chi connectivity index (χ4v) is 0.736. The first kappa shape index (κ1) is 8.92. The molecule has 0 amide bonds. The lowest BCUT2D eigenvalue weighted by Crippen LogP contribution is -2.37. The van der Waals surface area contributed by atoms with Gasteiger partial charge in [0.2, 0.25) is 0 Å². The monoisotopic (exact) mass is 131 g/mol. The van der Waals surface area contributed by atoms with E-state index in [4.69, 9.17) is 5.73 Å². The molecule has 0 aromatic carbocycles. The van der Waals surface area contributed by atoms with Crippen molar-refractivity contribution in [2.45, 2.75) is 39.3 Å². The highest BCUT2D eigenvalue weighted by Gasteiger charge is 2.15. The van der Waals surface area contributed by atoms with Gasteiger partial charge in [-0.05, 0) is 12.3 Å². The average molecular weight is 131 g/mol. The summed E-state index contributed by atoms with van der Waals surface area (Å²) in [7, 11) is 0. The Morgan fingerprint density at radius 3 is 2.00 bits per heavy atom. The number of nitrogens with two attached hydrogens (primary N) is 1. The Balaban J connectivity index is 3.58. The van der Waals surface area contributed by atoms with E-state index < -0.39 is 0 Å². The van der Waals surface area contributed by atoms with Crippen LogP contribution in [0.1, 0.15) is 27.2 Å². The molecule has 0 aliphatic heterocycles. The summed E-state index contributed by atoms with van der Waals surface area (Å²) >= 11 is 0. The molecule has 0 aliphatic rings. The normalized spacial score (nSPS) is 18.0. The topological polar surface area (TPSA) is 46.2 Å². The Bertz CT molecular complexity index is 73.3. The number of hydrogen-bond acceptors (Lipinski definition) is 2. The van der Waals surface area contributed by atoms with Gasteiger partial charge in [-0.15, -0.1) is 0 Å². The first-order valence-electron chi connectivity index (χ1n) is 3.53. The molecule has 3 N–H and O–H groups in total. The van der Waals surface area contributed by atoms with Gasteiger partial charge >= 0.3 is 0 Å². The number of aliphatic hydroxyl groups is 1. The molecule has 0 heterocycles. The van der Waals surface area contributed by atoms with Gasteiger partial charge in [-0.25, -0.2) is 0 Å². The molecule has 0 fully saturated rings. The molecule has 0 aromatic heterocycles. The smallest absolute Gasteiger partial charge is 0.0713 e. The van der Waals surface area contributed by atoms with Crippen LogP contribution in [-0.4, -0.2) is 17.3 Å². The Hall–Kier alpha value is -0.0800. The summed E-state index contributed by atoms with van der Waals surface area (Å²) in [5.41, 5.74) is 5.57. The van der Waals surface area contributed by atoms with Crippen molar-refractivity contribution < 1.29 is 5.11 Å². The van der Waals surface area contributed by atoms with Crippen LogP contribution in [0.4, 0.5) is 0 Å². The Morgan fingerprint density at radius 1 is 1.44 bits per heavy atom. The zero-order chi connectivity index (χ0) is 7.44. The lowest BCUT2D eigenvalue weighted by molar-refractivity contribution is 0.0964. The molecule has 2 heteroatoms. The second-order valence-corrected chi connectivity index (χ2v) is 2.81. The van der Waals surface area contributed by atoms with Gasteiger partial charge in [0, 0.05) is 6.04 Å². The van der Waals surface area contributed by atoms with Crippen molar-refractivity contribution in [2.75, 3.05) is 0 Å². The van der Waals surface area contributed by atoms with E-state index in [-0.39, 0.29) is 18.1 Å².